The molecule has 170 valence electrons. The second kappa shape index (κ2) is 8.96. The quantitative estimate of drug-likeness (QED) is 0.695. The lowest BCUT2D eigenvalue weighted by Gasteiger charge is -2.32. The van der Waals surface area contributed by atoms with E-state index in [1.54, 1.807) is 4.90 Å². The summed E-state index contributed by atoms with van der Waals surface area (Å²) >= 11 is 0. The summed E-state index contributed by atoms with van der Waals surface area (Å²) in [6.07, 6.45) is -1.12. The number of likely N-dealkylation sites (tertiary alicyclic amines) is 1. The summed E-state index contributed by atoms with van der Waals surface area (Å²) in [4.78, 5) is 27.2. The SMILES string of the molecule is Cc1ccc(C(NC(=O)C2CCN(C(=O)c3ccc(C(F)(F)F)cc3)CC2)C2CC2)cc1. The monoisotopic (exact) mass is 444 g/mol. The van der Waals surface area contributed by atoms with Crippen LogP contribution in [0.4, 0.5) is 13.2 Å². The zero-order valence-electron chi connectivity index (χ0n) is 18.0. The van der Waals surface area contributed by atoms with Gasteiger partial charge in [0, 0.05) is 24.6 Å². The van der Waals surface area contributed by atoms with Crippen molar-refractivity contribution in [3.05, 3.63) is 70.8 Å². The first-order chi connectivity index (χ1) is 15.2. The Hall–Kier alpha value is -2.83. The molecule has 2 aliphatic rings. The molecule has 0 bridgehead atoms. The average Bonchev–Trinajstić information content (AvgIpc) is 3.62. The predicted octanol–water partition coefficient (Wildman–Crippen LogP) is 5.13. The molecule has 0 radical (unpaired) electrons. The summed E-state index contributed by atoms with van der Waals surface area (Å²) in [5, 5.41) is 3.23. The molecular formula is C25H27F3N2O2. The fourth-order valence-electron chi connectivity index (χ4n) is 4.28. The third kappa shape index (κ3) is 5.14. The first kappa shape index (κ1) is 22.4. The number of halogens is 3. The molecule has 0 spiro atoms. The van der Waals surface area contributed by atoms with Gasteiger partial charge in [-0.2, -0.15) is 13.2 Å². The van der Waals surface area contributed by atoms with Gasteiger partial charge < -0.3 is 10.2 Å². The molecule has 0 aromatic heterocycles. The van der Waals surface area contributed by atoms with Gasteiger partial charge in [-0.15, -0.1) is 0 Å². The summed E-state index contributed by atoms with van der Waals surface area (Å²) in [7, 11) is 0. The van der Waals surface area contributed by atoms with E-state index in [0.29, 0.717) is 31.8 Å². The van der Waals surface area contributed by atoms with Gasteiger partial charge in [0.1, 0.15) is 0 Å². The van der Waals surface area contributed by atoms with Crippen LogP contribution >= 0.6 is 0 Å². The maximum Gasteiger partial charge on any atom is 0.416 e. The highest BCUT2D eigenvalue weighted by atomic mass is 19.4. The minimum atomic E-state index is -4.43. The molecule has 4 rings (SSSR count). The minimum Gasteiger partial charge on any atom is -0.349 e. The maximum atomic E-state index is 12.9. The lowest BCUT2D eigenvalue weighted by Crippen LogP contribution is -2.44. The molecule has 1 aliphatic heterocycles. The first-order valence-electron chi connectivity index (χ1n) is 11.1. The number of piperidine rings is 1. The van der Waals surface area contributed by atoms with Gasteiger partial charge in [-0.05, 0) is 68.4 Å². The lowest BCUT2D eigenvalue weighted by molar-refractivity contribution is -0.137. The van der Waals surface area contributed by atoms with Gasteiger partial charge in [-0.1, -0.05) is 29.8 Å². The van der Waals surface area contributed by atoms with E-state index in [1.165, 1.54) is 17.7 Å². The van der Waals surface area contributed by atoms with Crippen LogP contribution in [0, 0.1) is 18.8 Å². The molecule has 4 nitrogen and oxygen atoms in total. The van der Waals surface area contributed by atoms with Gasteiger partial charge in [0.15, 0.2) is 0 Å². The maximum absolute atomic E-state index is 12.9. The Bertz CT molecular complexity index is 958. The second-order valence-corrected chi connectivity index (χ2v) is 8.88. The Morgan fingerprint density at radius 3 is 2.06 bits per heavy atom. The third-order valence-corrected chi connectivity index (χ3v) is 6.44. The number of rotatable bonds is 5. The van der Waals surface area contributed by atoms with Crippen molar-refractivity contribution in [3.8, 4) is 0 Å². The van der Waals surface area contributed by atoms with Gasteiger partial charge in [0.2, 0.25) is 5.91 Å². The molecule has 1 saturated heterocycles. The number of alkyl halides is 3. The molecule has 7 heteroatoms. The molecule has 2 fully saturated rings. The Kier molecular flexibility index (Phi) is 6.26. The molecule has 1 saturated carbocycles. The molecule has 2 amide bonds. The van der Waals surface area contributed by atoms with E-state index in [2.05, 4.69) is 29.6 Å². The smallest absolute Gasteiger partial charge is 0.349 e. The molecule has 1 heterocycles. The number of nitrogens with one attached hydrogen (secondary N) is 1. The van der Waals surface area contributed by atoms with Crippen molar-refractivity contribution >= 4 is 11.8 Å². The largest absolute Gasteiger partial charge is 0.416 e. The van der Waals surface area contributed by atoms with Crippen LogP contribution < -0.4 is 5.32 Å². The van der Waals surface area contributed by atoms with E-state index >= 15 is 0 Å². The first-order valence-corrected chi connectivity index (χ1v) is 11.1. The standard InChI is InChI=1S/C25H27F3N2O2/c1-16-2-4-17(5-3-16)22(18-6-7-18)29-23(31)19-12-14-30(15-13-19)24(32)20-8-10-21(11-9-20)25(26,27)28/h2-5,8-11,18-19,22H,6-7,12-15H2,1H3,(H,29,31). The summed E-state index contributed by atoms with van der Waals surface area (Å²) in [6.45, 7) is 2.86. The third-order valence-electron chi connectivity index (χ3n) is 6.44. The molecule has 1 unspecified atom stereocenters. The fourth-order valence-corrected chi connectivity index (χ4v) is 4.28. The fraction of sp³-hybridized carbons (Fsp3) is 0.440. The second-order valence-electron chi connectivity index (χ2n) is 8.88. The normalized spacial score (nSPS) is 18.3. The van der Waals surface area contributed by atoms with Crippen LogP contribution in [0.15, 0.2) is 48.5 Å². The summed E-state index contributed by atoms with van der Waals surface area (Å²) < 4.78 is 38.2. The number of carbonyl (C=O) groups excluding carboxylic acids is 2. The lowest BCUT2D eigenvalue weighted by atomic mass is 9.93. The molecule has 2 aromatic carbocycles. The van der Waals surface area contributed by atoms with Crippen LogP contribution in [0.1, 0.15) is 58.8 Å². The van der Waals surface area contributed by atoms with Gasteiger partial charge in [-0.3, -0.25) is 9.59 Å². The highest BCUT2D eigenvalue weighted by Crippen LogP contribution is 2.41. The van der Waals surface area contributed by atoms with Gasteiger partial charge in [0.05, 0.1) is 11.6 Å². The van der Waals surface area contributed by atoms with Crippen LogP contribution in [-0.4, -0.2) is 29.8 Å². The Morgan fingerprint density at radius 1 is 0.938 bits per heavy atom. The Labute approximate surface area is 185 Å². The summed E-state index contributed by atoms with van der Waals surface area (Å²) in [5.74, 6) is 0.0264. The molecule has 1 N–H and O–H groups in total. The van der Waals surface area contributed by atoms with E-state index in [-0.39, 0.29) is 29.3 Å². The zero-order chi connectivity index (χ0) is 22.9. The van der Waals surface area contributed by atoms with Gasteiger partial charge >= 0.3 is 6.18 Å². The van der Waals surface area contributed by atoms with Crippen molar-refractivity contribution in [1.29, 1.82) is 0 Å². The van der Waals surface area contributed by atoms with Crippen LogP contribution in [0.3, 0.4) is 0 Å². The molecular weight excluding hydrogens is 417 g/mol. The average molecular weight is 444 g/mol. The molecule has 1 atom stereocenters. The predicted molar refractivity (Wildman–Crippen MR) is 115 cm³/mol. The van der Waals surface area contributed by atoms with Crippen molar-refractivity contribution in [2.75, 3.05) is 13.1 Å². The summed E-state index contributed by atoms with van der Waals surface area (Å²) in [6, 6.07) is 12.6. The van der Waals surface area contributed by atoms with E-state index < -0.39 is 11.7 Å². The molecule has 2 aromatic rings. The number of aryl methyl sites for hydroxylation is 1. The van der Waals surface area contributed by atoms with Crippen LogP contribution in [0.2, 0.25) is 0 Å². The van der Waals surface area contributed by atoms with Crippen LogP contribution in [-0.2, 0) is 11.0 Å². The van der Waals surface area contributed by atoms with Crippen molar-refractivity contribution in [2.45, 2.75) is 44.8 Å². The Morgan fingerprint density at radius 2 is 1.53 bits per heavy atom. The number of nitrogens with zero attached hydrogens (tertiary/aromatic N) is 1. The number of carbonyl (C=O) groups is 2. The minimum absolute atomic E-state index is 0.0177. The van der Waals surface area contributed by atoms with Crippen molar-refractivity contribution in [3.63, 3.8) is 0 Å². The van der Waals surface area contributed by atoms with Gasteiger partial charge in [0.25, 0.3) is 5.91 Å². The molecule has 32 heavy (non-hydrogen) atoms. The van der Waals surface area contributed by atoms with E-state index in [4.69, 9.17) is 0 Å². The van der Waals surface area contributed by atoms with Gasteiger partial charge in [-0.25, -0.2) is 0 Å². The van der Waals surface area contributed by atoms with Crippen LogP contribution in [0.25, 0.3) is 0 Å². The molecule has 1 aliphatic carbocycles. The number of amides is 2. The highest BCUT2D eigenvalue weighted by molar-refractivity contribution is 5.94. The van der Waals surface area contributed by atoms with E-state index in [0.717, 1.165) is 30.5 Å². The zero-order valence-corrected chi connectivity index (χ0v) is 18.0. The van der Waals surface area contributed by atoms with Crippen molar-refractivity contribution in [1.82, 2.24) is 10.2 Å². The topological polar surface area (TPSA) is 49.4 Å². The van der Waals surface area contributed by atoms with Crippen molar-refractivity contribution in [2.24, 2.45) is 11.8 Å². The number of hydrogen-bond acceptors (Lipinski definition) is 2. The number of benzene rings is 2. The number of hydrogen-bond donors (Lipinski definition) is 1. The van der Waals surface area contributed by atoms with E-state index in [9.17, 15) is 22.8 Å². The van der Waals surface area contributed by atoms with E-state index in [1.807, 2.05) is 6.92 Å². The van der Waals surface area contributed by atoms with Crippen LogP contribution in [0.5, 0.6) is 0 Å². The summed E-state index contributed by atoms with van der Waals surface area (Å²) in [5.41, 5.74) is 1.76. The van der Waals surface area contributed by atoms with Crippen molar-refractivity contribution < 1.29 is 22.8 Å². The highest BCUT2D eigenvalue weighted by Gasteiger charge is 2.36. The Balaban J connectivity index is 1.33.